The van der Waals surface area contributed by atoms with Crippen LogP contribution >= 0.6 is 0 Å². The van der Waals surface area contributed by atoms with Crippen LogP contribution in [0.25, 0.3) is 0 Å². The maximum absolute atomic E-state index is 14.6. The summed E-state index contributed by atoms with van der Waals surface area (Å²) in [5.41, 5.74) is 0.659. The second-order valence-electron chi connectivity index (χ2n) is 8.64. The summed E-state index contributed by atoms with van der Waals surface area (Å²) >= 11 is 0. The zero-order chi connectivity index (χ0) is 22.4. The van der Waals surface area contributed by atoms with Crippen LogP contribution in [0.2, 0.25) is 0 Å². The Morgan fingerprint density at radius 3 is 2.45 bits per heavy atom. The summed E-state index contributed by atoms with van der Waals surface area (Å²) in [5, 5.41) is 2.85. The van der Waals surface area contributed by atoms with E-state index in [1.807, 2.05) is 30.3 Å². The zero-order valence-electron chi connectivity index (χ0n) is 18.1. The number of benzene rings is 2. The quantitative estimate of drug-likeness (QED) is 0.727. The summed E-state index contributed by atoms with van der Waals surface area (Å²) in [5.74, 6) is -0.397. The largest absolute Gasteiger partial charge is 0.445 e. The summed E-state index contributed by atoms with van der Waals surface area (Å²) in [6, 6.07) is 14.9. The fourth-order valence-corrected chi connectivity index (χ4v) is 3.63. The smallest absolute Gasteiger partial charge is 0.410 e. The Balaban J connectivity index is 1.72. The number of ether oxygens (including phenoxy) is 2. The molecule has 6 nitrogen and oxygen atoms in total. The minimum Gasteiger partial charge on any atom is -0.445 e. The number of likely N-dealkylation sites (tertiary alicyclic amines) is 1. The molecule has 0 radical (unpaired) electrons. The van der Waals surface area contributed by atoms with E-state index in [1.54, 1.807) is 39.0 Å². The van der Waals surface area contributed by atoms with Crippen molar-refractivity contribution in [3.8, 4) is 0 Å². The molecule has 2 amide bonds. The molecule has 0 aliphatic carbocycles. The van der Waals surface area contributed by atoms with Gasteiger partial charge in [-0.3, -0.25) is 0 Å². The predicted molar refractivity (Wildman–Crippen MR) is 115 cm³/mol. The molecule has 0 bridgehead atoms. The first-order chi connectivity index (χ1) is 14.7. The molecular weight excluding hydrogens is 399 g/mol. The molecule has 0 spiro atoms. The van der Waals surface area contributed by atoms with E-state index in [4.69, 9.17) is 9.47 Å². The molecule has 1 aliphatic rings. The van der Waals surface area contributed by atoms with Gasteiger partial charge in [-0.05, 0) is 45.2 Å². The van der Waals surface area contributed by atoms with Crippen molar-refractivity contribution in [2.45, 2.75) is 57.9 Å². The Bertz CT molecular complexity index is 898. The van der Waals surface area contributed by atoms with Gasteiger partial charge in [0.25, 0.3) is 0 Å². The van der Waals surface area contributed by atoms with Gasteiger partial charge in [0.2, 0.25) is 0 Å². The summed E-state index contributed by atoms with van der Waals surface area (Å²) in [4.78, 5) is 26.6. The number of piperidine rings is 1. The molecule has 1 unspecified atom stereocenters. The van der Waals surface area contributed by atoms with Gasteiger partial charge in [0.05, 0.1) is 6.04 Å². The Morgan fingerprint density at radius 2 is 1.77 bits per heavy atom. The number of hydrogen-bond acceptors (Lipinski definition) is 4. The fourth-order valence-electron chi connectivity index (χ4n) is 3.63. The van der Waals surface area contributed by atoms with Gasteiger partial charge in [-0.2, -0.15) is 0 Å². The van der Waals surface area contributed by atoms with E-state index in [2.05, 4.69) is 5.32 Å². The highest BCUT2D eigenvalue weighted by Crippen LogP contribution is 2.33. The fraction of sp³-hybridized carbons (Fsp3) is 0.417. The molecular formula is C24H29FN2O4. The maximum atomic E-state index is 14.6. The number of nitrogens with zero attached hydrogens (tertiary/aromatic N) is 1. The first-order valence-corrected chi connectivity index (χ1v) is 10.4. The highest BCUT2D eigenvalue weighted by atomic mass is 19.1. The number of rotatable bonds is 4. The van der Waals surface area contributed by atoms with Gasteiger partial charge >= 0.3 is 12.2 Å². The number of carbonyl (C=O) groups excluding carboxylic acids is 2. The average molecular weight is 429 g/mol. The van der Waals surface area contributed by atoms with Crippen molar-refractivity contribution in [2.75, 3.05) is 6.54 Å². The van der Waals surface area contributed by atoms with Crippen LogP contribution in [0.4, 0.5) is 14.0 Å². The lowest BCUT2D eigenvalue weighted by molar-refractivity contribution is 0.0412. The van der Waals surface area contributed by atoms with E-state index in [0.717, 1.165) is 5.56 Å². The first kappa shape index (κ1) is 22.6. The molecule has 2 aromatic rings. The molecule has 2 atom stereocenters. The van der Waals surface area contributed by atoms with E-state index >= 15 is 0 Å². The van der Waals surface area contributed by atoms with Crippen LogP contribution in [0.5, 0.6) is 0 Å². The summed E-state index contributed by atoms with van der Waals surface area (Å²) in [6.07, 6.45) is -0.150. The minimum atomic E-state index is -0.614. The van der Waals surface area contributed by atoms with Gasteiger partial charge in [-0.1, -0.05) is 48.5 Å². The Morgan fingerprint density at radius 1 is 1.10 bits per heavy atom. The van der Waals surface area contributed by atoms with Crippen molar-refractivity contribution in [1.82, 2.24) is 10.2 Å². The van der Waals surface area contributed by atoms with Gasteiger partial charge in [0, 0.05) is 18.2 Å². The Labute approximate surface area is 182 Å². The molecule has 1 aliphatic heterocycles. The van der Waals surface area contributed by atoms with Gasteiger partial charge < -0.3 is 19.7 Å². The van der Waals surface area contributed by atoms with E-state index in [1.165, 1.54) is 11.0 Å². The van der Waals surface area contributed by atoms with E-state index in [-0.39, 0.29) is 12.6 Å². The van der Waals surface area contributed by atoms with Crippen LogP contribution in [0.15, 0.2) is 54.6 Å². The molecule has 1 heterocycles. The Hall–Kier alpha value is -3.09. The minimum absolute atomic E-state index is 0.139. The number of carbonyl (C=O) groups is 2. The van der Waals surface area contributed by atoms with Gasteiger partial charge in [0.1, 0.15) is 18.0 Å². The molecule has 7 heteroatoms. The van der Waals surface area contributed by atoms with Crippen molar-refractivity contribution < 1.29 is 23.5 Å². The monoisotopic (exact) mass is 428 g/mol. The van der Waals surface area contributed by atoms with Gasteiger partial charge in [-0.15, -0.1) is 0 Å². The number of halogens is 1. The molecule has 166 valence electrons. The lowest BCUT2D eigenvalue weighted by atomic mass is 9.92. The standard InChI is InChI=1S/C24H29FN2O4/c1-24(2,3)31-22(28)26-18-13-14-27(21(15-18)19-11-7-8-12-20(19)25)23(29)30-16-17-9-5-4-6-10-17/h4-12,18,21H,13-16H2,1-3H3,(H,26,28)/t18?,21-/m1/s1. The van der Waals surface area contributed by atoms with Crippen LogP contribution in [0.1, 0.15) is 50.8 Å². The van der Waals surface area contributed by atoms with Crippen LogP contribution < -0.4 is 5.32 Å². The second-order valence-corrected chi connectivity index (χ2v) is 8.64. The third kappa shape index (κ3) is 6.44. The lowest BCUT2D eigenvalue weighted by Gasteiger charge is -2.39. The molecule has 2 aromatic carbocycles. The first-order valence-electron chi connectivity index (χ1n) is 10.4. The molecule has 0 saturated carbocycles. The molecule has 1 fully saturated rings. The third-order valence-electron chi connectivity index (χ3n) is 5.03. The van der Waals surface area contributed by atoms with Crippen LogP contribution in [-0.2, 0) is 16.1 Å². The topological polar surface area (TPSA) is 67.9 Å². The molecule has 31 heavy (non-hydrogen) atoms. The highest BCUT2D eigenvalue weighted by Gasteiger charge is 2.36. The number of hydrogen-bond donors (Lipinski definition) is 1. The summed E-state index contributed by atoms with van der Waals surface area (Å²) in [6.45, 7) is 5.84. The molecule has 1 saturated heterocycles. The van der Waals surface area contributed by atoms with Crippen molar-refractivity contribution in [2.24, 2.45) is 0 Å². The maximum Gasteiger partial charge on any atom is 0.410 e. The Kier molecular flexibility index (Phi) is 7.15. The number of nitrogens with one attached hydrogen (secondary N) is 1. The van der Waals surface area contributed by atoms with E-state index in [0.29, 0.717) is 24.9 Å². The summed E-state index contributed by atoms with van der Waals surface area (Å²) < 4.78 is 25.4. The van der Waals surface area contributed by atoms with Crippen molar-refractivity contribution >= 4 is 12.2 Å². The van der Waals surface area contributed by atoms with Gasteiger partial charge in [-0.25, -0.2) is 14.0 Å². The van der Waals surface area contributed by atoms with Crippen LogP contribution in [0.3, 0.4) is 0 Å². The lowest BCUT2D eigenvalue weighted by Crippen LogP contribution is -2.49. The number of alkyl carbamates (subject to hydrolysis) is 1. The van der Waals surface area contributed by atoms with E-state index in [9.17, 15) is 14.0 Å². The van der Waals surface area contributed by atoms with Crippen LogP contribution in [-0.4, -0.2) is 35.3 Å². The summed E-state index contributed by atoms with van der Waals surface area (Å²) in [7, 11) is 0. The normalized spacial score (nSPS) is 18.9. The molecule has 3 rings (SSSR count). The third-order valence-corrected chi connectivity index (χ3v) is 5.03. The van der Waals surface area contributed by atoms with Gasteiger partial charge in [0.15, 0.2) is 0 Å². The second kappa shape index (κ2) is 9.81. The molecule has 1 N–H and O–H groups in total. The van der Waals surface area contributed by atoms with Crippen molar-refractivity contribution in [3.63, 3.8) is 0 Å². The molecule has 0 aromatic heterocycles. The van der Waals surface area contributed by atoms with Crippen molar-refractivity contribution in [3.05, 3.63) is 71.5 Å². The highest BCUT2D eigenvalue weighted by molar-refractivity contribution is 5.70. The average Bonchev–Trinajstić information content (AvgIpc) is 2.71. The SMILES string of the molecule is CC(C)(C)OC(=O)NC1CCN(C(=O)OCc2ccccc2)[C@@H](c2ccccc2F)C1. The predicted octanol–water partition coefficient (Wildman–Crippen LogP) is 5.19. The zero-order valence-corrected chi connectivity index (χ0v) is 18.1. The van der Waals surface area contributed by atoms with Crippen LogP contribution in [0, 0.1) is 5.82 Å². The van der Waals surface area contributed by atoms with Crippen molar-refractivity contribution in [1.29, 1.82) is 0 Å². The van der Waals surface area contributed by atoms with E-state index < -0.39 is 29.6 Å². The number of amides is 2.